The first-order chi connectivity index (χ1) is 11.6. The highest BCUT2D eigenvalue weighted by atomic mass is 32.1. The fourth-order valence-electron chi connectivity index (χ4n) is 2.65. The molecule has 0 spiro atoms. The van der Waals surface area contributed by atoms with Crippen LogP contribution in [0.4, 0.5) is 0 Å². The molecule has 3 heterocycles. The SMILES string of the molecule is CC(C)c1cc(C(=O)N2CCOC[C@H]2CC(=O)c2cccs2)no1. The van der Waals surface area contributed by atoms with Crippen molar-refractivity contribution in [3.8, 4) is 0 Å². The molecule has 0 aromatic carbocycles. The minimum absolute atomic E-state index is 0.0290. The van der Waals surface area contributed by atoms with Crippen LogP contribution < -0.4 is 0 Å². The summed E-state index contributed by atoms with van der Waals surface area (Å²) in [7, 11) is 0. The smallest absolute Gasteiger partial charge is 0.276 e. The number of ether oxygens (including phenoxy) is 1. The Morgan fingerprint density at radius 2 is 2.29 bits per heavy atom. The van der Waals surface area contributed by atoms with Crippen LogP contribution in [0.1, 0.15) is 52.1 Å². The average molecular weight is 348 g/mol. The number of carbonyl (C=O) groups excluding carboxylic acids is 2. The van der Waals surface area contributed by atoms with Crippen LogP contribution in [0.3, 0.4) is 0 Å². The maximum atomic E-state index is 12.8. The number of amides is 1. The molecule has 1 atom stereocenters. The van der Waals surface area contributed by atoms with Crippen molar-refractivity contribution in [2.75, 3.05) is 19.8 Å². The zero-order valence-electron chi connectivity index (χ0n) is 13.7. The van der Waals surface area contributed by atoms with E-state index in [1.807, 2.05) is 25.3 Å². The summed E-state index contributed by atoms with van der Waals surface area (Å²) in [5.74, 6) is 0.664. The summed E-state index contributed by atoms with van der Waals surface area (Å²) in [4.78, 5) is 27.5. The zero-order chi connectivity index (χ0) is 17.1. The van der Waals surface area contributed by atoms with Gasteiger partial charge in [0.05, 0.1) is 24.1 Å². The number of carbonyl (C=O) groups is 2. The molecule has 1 fully saturated rings. The normalized spacial score (nSPS) is 18.1. The van der Waals surface area contributed by atoms with Crippen LogP contribution in [0.15, 0.2) is 28.1 Å². The number of nitrogens with zero attached hydrogens (tertiary/aromatic N) is 2. The van der Waals surface area contributed by atoms with Crippen molar-refractivity contribution in [1.29, 1.82) is 0 Å². The molecule has 0 N–H and O–H groups in total. The Morgan fingerprint density at radius 1 is 1.46 bits per heavy atom. The Balaban J connectivity index is 1.73. The summed E-state index contributed by atoms with van der Waals surface area (Å²) in [5, 5.41) is 5.76. The summed E-state index contributed by atoms with van der Waals surface area (Å²) in [5.41, 5.74) is 0.286. The Bertz CT molecular complexity index is 708. The van der Waals surface area contributed by atoms with Crippen molar-refractivity contribution < 1.29 is 18.8 Å². The highest BCUT2D eigenvalue weighted by Gasteiger charge is 2.32. The molecule has 0 radical (unpaired) electrons. The standard InChI is InChI=1S/C17H20N2O4S/c1-11(2)15-9-13(18-23-15)17(21)19-5-6-22-10-12(19)8-14(20)16-4-3-7-24-16/h3-4,7,9,11-12H,5-6,8,10H2,1-2H3/t12-/m1/s1. The second-order valence-electron chi connectivity index (χ2n) is 6.10. The minimum Gasteiger partial charge on any atom is -0.377 e. The van der Waals surface area contributed by atoms with Gasteiger partial charge in [0.15, 0.2) is 11.5 Å². The number of thiophene rings is 1. The number of morpholine rings is 1. The van der Waals surface area contributed by atoms with Crippen LogP contribution in [-0.4, -0.2) is 47.5 Å². The lowest BCUT2D eigenvalue weighted by molar-refractivity contribution is -0.00325. The van der Waals surface area contributed by atoms with E-state index in [-0.39, 0.29) is 35.8 Å². The number of Topliss-reactive ketones (excluding diaryl/α,β-unsaturated/α-hetero) is 1. The molecule has 2 aromatic rings. The fraction of sp³-hybridized carbons (Fsp3) is 0.471. The lowest BCUT2D eigenvalue weighted by atomic mass is 10.1. The maximum Gasteiger partial charge on any atom is 0.276 e. The first-order valence-corrected chi connectivity index (χ1v) is 8.86. The van der Waals surface area contributed by atoms with Gasteiger partial charge in [-0.05, 0) is 11.4 Å². The number of hydrogen-bond acceptors (Lipinski definition) is 6. The van der Waals surface area contributed by atoms with E-state index in [0.717, 1.165) is 0 Å². The quantitative estimate of drug-likeness (QED) is 0.777. The van der Waals surface area contributed by atoms with Crippen LogP contribution in [0.5, 0.6) is 0 Å². The van der Waals surface area contributed by atoms with E-state index in [9.17, 15) is 9.59 Å². The van der Waals surface area contributed by atoms with Crippen molar-refractivity contribution >= 4 is 23.0 Å². The number of rotatable bonds is 5. The fourth-order valence-corrected chi connectivity index (χ4v) is 3.33. The molecule has 0 unspecified atom stereocenters. The van der Waals surface area contributed by atoms with Gasteiger partial charge in [-0.25, -0.2) is 0 Å². The lowest BCUT2D eigenvalue weighted by Gasteiger charge is -2.34. The molecule has 6 nitrogen and oxygen atoms in total. The first-order valence-electron chi connectivity index (χ1n) is 7.98. The van der Waals surface area contributed by atoms with E-state index in [4.69, 9.17) is 9.26 Å². The molecule has 0 saturated carbocycles. The van der Waals surface area contributed by atoms with Crippen LogP contribution >= 0.6 is 11.3 Å². The van der Waals surface area contributed by atoms with E-state index >= 15 is 0 Å². The number of ketones is 1. The molecule has 7 heteroatoms. The van der Waals surface area contributed by atoms with Gasteiger partial charge in [-0.2, -0.15) is 0 Å². The van der Waals surface area contributed by atoms with Gasteiger partial charge in [0.1, 0.15) is 5.76 Å². The molecule has 0 bridgehead atoms. The summed E-state index contributed by atoms with van der Waals surface area (Å²) in [6, 6.07) is 5.05. The Hall–Kier alpha value is -1.99. The second-order valence-corrected chi connectivity index (χ2v) is 7.05. The Kier molecular flexibility index (Phi) is 5.11. The van der Waals surface area contributed by atoms with Crippen LogP contribution in [-0.2, 0) is 4.74 Å². The monoisotopic (exact) mass is 348 g/mol. The third kappa shape index (κ3) is 3.57. The molecule has 3 rings (SSSR count). The summed E-state index contributed by atoms with van der Waals surface area (Å²) in [6.45, 7) is 5.23. The minimum atomic E-state index is -0.278. The highest BCUT2D eigenvalue weighted by molar-refractivity contribution is 7.12. The van der Waals surface area contributed by atoms with Crippen LogP contribution in [0, 0.1) is 0 Å². The van der Waals surface area contributed by atoms with Gasteiger partial charge in [0, 0.05) is 24.9 Å². The summed E-state index contributed by atoms with van der Waals surface area (Å²) >= 11 is 1.41. The van der Waals surface area contributed by atoms with Crippen LogP contribution in [0.25, 0.3) is 0 Å². The Morgan fingerprint density at radius 3 is 2.96 bits per heavy atom. The van der Waals surface area contributed by atoms with E-state index in [2.05, 4.69) is 5.16 Å². The van der Waals surface area contributed by atoms with Gasteiger partial charge in [0.2, 0.25) is 0 Å². The van der Waals surface area contributed by atoms with E-state index in [1.165, 1.54) is 11.3 Å². The third-order valence-corrected chi connectivity index (χ3v) is 4.93. The summed E-state index contributed by atoms with van der Waals surface area (Å²) in [6.07, 6.45) is 0.251. The maximum absolute atomic E-state index is 12.8. The Labute approximate surface area is 144 Å². The van der Waals surface area contributed by atoms with Gasteiger partial charge in [0.25, 0.3) is 5.91 Å². The van der Waals surface area contributed by atoms with Crippen molar-refractivity contribution in [3.05, 3.63) is 39.9 Å². The van der Waals surface area contributed by atoms with Gasteiger partial charge < -0.3 is 14.2 Å². The molecule has 128 valence electrons. The van der Waals surface area contributed by atoms with E-state index < -0.39 is 0 Å². The van der Waals surface area contributed by atoms with Crippen molar-refractivity contribution in [2.24, 2.45) is 0 Å². The average Bonchev–Trinajstić information content (AvgIpc) is 3.26. The molecular weight excluding hydrogens is 328 g/mol. The number of hydrogen-bond donors (Lipinski definition) is 0. The zero-order valence-corrected chi connectivity index (χ0v) is 14.5. The molecule has 1 amide bonds. The molecule has 24 heavy (non-hydrogen) atoms. The van der Waals surface area contributed by atoms with Gasteiger partial charge in [-0.3, -0.25) is 9.59 Å². The van der Waals surface area contributed by atoms with E-state index in [0.29, 0.717) is 30.4 Å². The van der Waals surface area contributed by atoms with Crippen molar-refractivity contribution in [3.63, 3.8) is 0 Å². The molecule has 1 aliphatic heterocycles. The highest BCUT2D eigenvalue weighted by Crippen LogP contribution is 2.21. The van der Waals surface area contributed by atoms with Gasteiger partial charge >= 0.3 is 0 Å². The van der Waals surface area contributed by atoms with Crippen LogP contribution in [0.2, 0.25) is 0 Å². The molecule has 1 aliphatic rings. The molecular formula is C17H20N2O4S. The van der Waals surface area contributed by atoms with Gasteiger partial charge in [-0.15, -0.1) is 11.3 Å². The van der Waals surface area contributed by atoms with Gasteiger partial charge in [-0.1, -0.05) is 25.1 Å². The predicted molar refractivity (Wildman–Crippen MR) is 89.5 cm³/mol. The van der Waals surface area contributed by atoms with Crippen molar-refractivity contribution in [2.45, 2.75) is 32.2 Å². The predicted octanol–water partition coefficient (Wildman–Crippen LogP) is 2.97. The summed E-state index contributed by atoms with van der Waals surface area (Å²) < 4.78 is 10.7. The van der Waals surface area contributed by atoms with Crippen molar-refractivity contribution in [1.82, 2.24) is 10.1 Å². The lowest BCUT2D eigenvalue weighted by Crippen LogP contribution is -2.49. The molecule has 2 aromatic heterocycles. The third-order valence-electron chi connectivity index (χ3n) is 4.02. The molecule has 0 aliphatic carbocycles. The van der Waals surface area contributed by atoms with E-state index in [1.54, 1.807) is 17.0 Å². The first kappa shape index (κ1) is 16.9. The topological polar surface area (TPSA) is 72.6 Å². The molecule has 1 saturated heterocycles. The largest absolute Gasteiger partial charge is 0.377 e. The number of aromatic nitrogens is 1. The second kappa shape index (κ2) is 7.27.